The van der Waals surface area contributed by atoms with Crippen LogP contribution in [0.2, 0.25) is 0 Å². The molecule has 2 aromatic rings. The van der Waals surface area contributed by atoms with Crippen LogP contribution < -0.4 is 0 Å². The van der Waals surface area contributed by atoms with Crippen molar-refractivity contribution in [3.63, 3.8) is 0 Å². The first kappa shape index (κ1) is 16.3. The molecule has 134 valence electrons. The Balaban J connectivity index is 1.58. The Bertz CT molecular complexity index is 780. The van der Waals surface area contributed by atoms with Gasteiger partial charge in [-0.2, -0.15) is 5.10 Å². The minimum absolute atomic E-state index is 0.0338. The number of amides is 1. The van der Waals surface area contributed by atoms with Crippen molar-refractivity contribution in [2.45, 2.75) is 58.4 Å². The van der Waals surface area contributed by atoms with E-state index in [4.69, 9.17) is 4.74 Å². The molecule has 2 atom stereocenters. The molecule has 4 heterocycles. The number of hydrogen-bond acceptors (Lipinski definition) is 5. The SMILES string of the molecule is CCn1nc(C(C)C)cc1C(=O)N1CC[C@@H]2OCc3cnnn3[C@@H]2C1. The van der Waals surface area contributed by atoms with Gasteiger partial charge < -0.3 is 9.64 Å². The zero-order valence-corrected chi connectivity index (χ0v) is 14.9. The van der Waals surface area contributed by atoms with Crippen molar-refractivity contribution in [1.29, 1.82) is 0 Å². The van der Waals surface area contributed by atoms with Crippen molar-refractivity contribution in [2.75, 3.05) is 13.1 Å². The van der Waals surface area contributed by atoms with Crippen molar-refractivity contribution >= 4 is 5.91 Å². The Morgan fingerprint density at radius 3 is 3.04 bits per heavy atom. The first-order chi connectivity index (χ1) is 12.1. The molecule has 2 aliphatic rings. The molecule has 0 radical (unpaired) electrons. The molecule has 0 aromatic carbocycles. The Kier molecular flexibility index (Phi) is 4.07. The smallest absolute Gasteiger partial charge is 0.272 e. The molecular formula is C17H24N6O2. The van der Waals surface area contributed by atoms with Crippen LogP contribution in [0, 0.1) is 0 Å². The van der Waals surface area contributed by atoms with Crippen LogP contribution in [0.1, 0.15) is 61.0 Å². The van der Waals surface area contributed by atoms with E-state index in [0.29, 0.717) is 37.9 Å². The van der Waals surface area contributed by atoms with Gasteiger partial charge in [0.05, 0.1) is 36.3 Å². The molecule has 0 spiro atoms. The number of nitrogens with zero attached hydrogens (tertiary/aromatic N) is 6. The molecule has 0 unspecified atom stereocenters. The Morgan fingerprint density at radius 2 is 2.28 bits per heavy atom. The third kappa shape index (κ3) is 2.74. The second kappa shape index (κ2) is 6.25. The summed E-state index contributed by atoms with van der Waals surface area (Å²) in [5.74, 6) is 0.335. The van der Waals surface area contributed by atoms with E-state index in [-0.39, 0.29) is 18.1 Å². The van der Waals surface area contributed by atoms with Crippen LogP contribution in [0.4, 0.5) is 0 Å². The maximum atomic E-state index is 13.1. The molecule has 2 aromatic heterocycles. The molecule has 8 heteroatoms. The summed E-state index contributed by atoms with van der Waals surface area (Å²) in [6.45, 7) is 8.70. The van der Waals surface area contributed by atoms with Gasteiger partial charge >= 0.3 is 0 Å². The molecule has 1 fully saturated rings. The monoisotopic (exact) mass is 344 g/mol. The lowest BCUT2D eigenvalue weighted by molar-refractivity contribution is -0.0606. The number of likely N-dealkylation sites (tertiary alicyclic amines) is 1. The maximum Gasteiger partial charge on any atom is 0.272 e. The largest absolute Gasteiger partial charge is 0.370 e. The molecule has 4 rings (SSSR count). The van der Waals surface area contributed by atoms with Gasteiger partial charge in [-0.15, -0.1) is 5.10 Å². The van der Waals surface area contributed by atoms with Crippen LogP contribution in [0.15, 0.2) is 12.3 Å². The van der Waals surface area contributed by atoms with Gasteiger partial charge in [-0.1, -0.05) is 19.1 Å². The number of piperidine rings is 1. The second-order valence-corrected chi connectivity index (χ2v) is 7.05. The normalized spacial score (nSPS) is 22.8. The fraction of sp³-hybridized carbons (Fsp3) is 0.647. The van der Waals surface area contributed by atoms with Crippen LogP contribution in [0.25, 0.3) is 0 Å². The summed E-state index contributed by atoms with van der Waals surface area (Å²) in [6, 6.07) is 1.97. The lowest BCUT2D eigenvalue weighted by Crippen LogP contribution is -2.50. The Morgan fingerprint density at radius 1 is 1.44 bits per heavy atom. The van der Waals surface area contributed by atoms with Gasteiger partial charge in [-0.25, -0.2) is 4.68 Å². The van der Waals surface area contributed by atoms with Crippen LogP contribution in [0.5, 0.6) is 0 Å². The number of carbonyl (C=O) groups excluding carboxylic acids is 1. The Hall–Kier alpha value is -2.22. The summed E-state index contributed by atoms with van der Waals surface area (Å²) in [4.78, 5) is 15.0. The average Bonchev–Trinajstić information content (AvgIpc) is 3.27. The molecule has 0 bridgehead atoms. The lowest BCUT2D eigenvalue weighted by Gasteiger charge is -2.40. The third-order valence-electron chi connectivity index (χ3n) is 5.12. The van der Waals surface area contributed by atoms with E-state index in [2.05, 4.69) is 29.3 Å². The molecular weight excluding hydrogens is 320 g/mol. The van der Waals surface area contributed by atoms with E-state index in [1.807, 2.05) is 27.3 Å². The zero-order chi connectivity index (χ0) is 17.6. The molecule has 1 saturated heterocycles. The number of fused-ring (bicyclic) bond motifs is 3. The number of hydrogen-bond donors (Lipinski definition) is 0. The number of ether oxygens (including phenoxy) is 1. The van der Waals surface area contributed by atoms with E-state index in [9.17, 15) is 4.79 Å². The quantitative estimate of drug-likeness (QED) is 0.845. The van der Waals surface area contributed by atoms with Gasteiger partial charge in [0, 0.05) is 19.6 Å². The van der Waals surface area contributed by atoms with E-state index >= 15 is 0 Å². The van der Waals surface area contributed by atoms with Crippen molar-refractivity contribution in [3.05, 3.63) is 29.3 Å². The van der Waals surface area contributed by atoms with E-state index in [1.165, 1.54) is 0 Å². The summed E-state index contributed by atoms with van der Waals surface area (Å²) in [5, 5.41) is 12.8. The van der Waals surface area contributed by atoms with Gasteiger partial charge in [-0.05, 0) is 25.3 Å². The number of aromatic nitrogens is 5. The highest BCUT2D eigenvalue weighted by Gasteiger charge is 2.38. The predicted molar refractivity (Wildman–Crippen MR) is 90.1 cm³/mol. The predicted octanol–water partition coefficient (Wildman–Crippen LogP) is 1.60. The zero-order valence-electron chi connectivity index (χ0n) is 14.9. The highest BCUT2D eigenvalue weighted by atomic mass is 16.5. The van der Waals surface area contributed by atoms with Crippen molar-refractivity contribution in [2.24, 2.45) is 0 Å². The number of carbonyl (C=O) groups is 1. The van der Waals surface area contributed by atoms with Crippen molar-refractivity contribution < 1.29 is 9.53 Å². The van der Waals surface area contributed by atoms with E-state index < -0.39 is 0 Å². The summed E-state index contributed by atoms with van der Waals surface area (Å²) >= 11 is 0. The van der Waals surface area contributed by atoms with E-state index in [0.717, 1.165) is 17.8 Å². The fourth-order valence-electron chi connectivity index (χ4n) is 3.66. The van der Waals surface area contributed by atoms with Gasteiger partial charge in [0.1, 0.15) is 5.69 Å². The minimum Gasteiger partial charge on any atom is -0.370 e. The molecule has 2 aliphatic heterocycles. The topological polar surface area (TPSA) is 78.1 Å². The molecule has 0 saturated carbocycles. The minimum atomic E-state index is 0.0338. The lowest BCUT2D eigenvalue weighted by atomic mass is 10.00. The summed E-state index contributed by atoms with van der Waals surface area (Å²) in [7, 11) is 0. The van der Waals surface area contributed by atoms with Crippen molar-refractivity contribution in [1.82, 2.24) is 29.7 Å². The Labute approximate surface area is 146 Å². The molecule has 0 aliphatic carbocycles. The van der Waals surface area contributed by atoms with Crippen molar-refractivity contribution in [3.8, 4) is 0 Å². The fourth-order valence-corrected chi connectivity index (χ4v) is 3.66. The number of rotatable bonds is 3. The van der Waals surface area contributed by atoms with Gasteiger partial charge in [0.2, 0.25) is 0 Å². The van der Waals surface area contributed by atoms with E-state index in [1.54, 1.807) is 6.20 Å². The first-order valence-electron chi connectivity index (χ1n) is 8.96. The summed E-state index contributed by atoms with van der Waals surface area (Å²) < 4.78 is 9.65. The summed E-state index contributed by atoms with van der Waals surface area (Å²) in [5.41, 5.74) is 2.59. The van der Waals surface area contributed by atoms with Crippen LogP contribution in [-0.2, 0) is 17.9 Å². The highest BCUT2D eigenvalue weighted by Crippen LogP contribution is 2.30. The second-order valence-electron chi connectivity index (χ2n) is 7.05. The molecule has 1 amide bonds. The number of aryl methyl sites for hydroxylation is 1. The average molecular weight is 344 g/mol. The van der Waals surface area contributed by atoms with Gasteiger partial charge in [-0.3, -0.25) is 9.48 Å². The molecule has 25 heavy (non-hydrogen) atoms. The van der Waals surface area contributed by atoms with Gasteiger partial charge in [0.15, 0.2) is 0 Å². The third-order valence-corrected chi connectivity index (χ3v) is 5.12. The van der Waals surface area contributed by atoms with Gasteiger partial charge in [0.25, 0.3) is 5.91 Å². The van der Waals surface area contributed by atoms with Crippen LogP contribution in [-0.4, -0.2) is 54.8 Å². The molecule has 8 nitrogen and oxygen atoms in total. The van der Waals surface area contributed by atoms with Crippen LogP contribution >= 0.6 is 0 Å². The maximum absolute atomic E-state index is 13.1. The summed E-state index contributed by atoms with van der Waals surface area (Å²) in [6.07, 6.45) is 2.64. The standard InChI is InChI=1S/C17H24N6O2/c1-4-22-14(7-13(19-22)11(2)3)17(24)21-6-5-16-15(9-21)23-12(10-25-16)8-18-20-23/h7-8,11,15-16H,4-6,9-10H2,1-3H3/t15-,16+/m1/s1. The van der Waals surface area contributed by atoms with Crippen LogP contribution in [0.3, 0.4) is 0 Å². The molecule has 0 N–H and O–H groups in total. The highest BCUT2D eigenvalue weighted by molar-refractivity contribution is 5.92. The first-order valence-corrected chi connectivity index (χ1v) is 8.96.